The molecule has 0 saturated carbocycles. The van der Waals surface area contributed by atoms with Gasteiger partial charge in [-0.2, -0.15) is 10.1 Å². The molecule has 0 aliphatic carbocycles. The number of rotatable bonds is 5. The molecule has 0 fully saturated rings. The van der Waals surface area contributed by atoms with Gasteiger partial charge >= 0.3 is 0 Å². The number of ether oxygens (including phenoxy) is 1. The number of pyridine rings is 1. The Balaban J connectivity index is 1.97. The molecule has 1 amide bonds. The summed E-state index contributed by atoms with van der Waals surface area (Å²) in [7, 11) is 1.62. The number of carbonyl (C=O) groups is 1. The number of nitrogens with zero attached hydrogens (tertiary/aromatic N) is 3. The molecule has 1 atom stereocenters. The lowest BCUT2D eigenvalue weighted by Gasteiger charge is -2.14. The fourth-order valence-electron chi connectivity index (χ4n) is 2.72. The molecule has 0 N–H and O–H groups in total. The van der Waals surface area contributed by atoms with Gasteiger partial charge in [0.25, 0.3) is 5.91 Å². The number of benzene rings is 1. The van der Waals surface area contributed by atoms with Crippen molar-refractivity contribution >= 4 is 17.3 Å². The Hall–Kier alpha value is -2.69. The molecule has 1 aliphatic heterocycles. The van der Waals surface area contributed by atoms with Gasteiger partial charge in [0, 0.05) is 18.0 Å². The second-order valence-corrected chi connectivity index (χ2v) is 5.42. The van der Waals surface area contributed by atoms with Crippen molar-refractivity contribution in [3.05, 3.63) is 54.4 Å². The van der Waals surface area contributed by atoms with E-state index in [-0.39, 0.29) is 11.8 Å². The topological polar surface area (TPSA) is 54.8 Å². The van der Waals surface area contributed by atoms with E-state index in [0.717, 1.165) is 35.6 Å². The van der Waals surface area contributed by atoms with Crippen LogP contribution >= 0.6 is 0 Å². The molecular formula is C18H19N3O2. The van der Waals surface area contributed by atoms with E-state index in [1.807, 2.05) is 36.4 Å². The molecule has 2 aromatic rings. The largest absolute Gasteiger partial charge is 0.497 e. The van der Waals surface area contributed by atoms with Gasteiger partial charge in [-0.15, -0.1) is 0 Å². The summed E-state index contributed by atoms with van der Waals surface area (Å²) in [4.78, 5) is 16.9. The maximum absolute atomic E-state index is 12.8. The van der Waals surface area contributed by atoms with E-state index in [1.54, 1.807) is 19.5 Å². The van der Waals surface area contributed by atoms with Gasteiger partial charge in [-0.3, -0.25) is 9.78 Å². The molecule has 3 rings (SSSR count). The fraction of sp³-hybridized carbons (Fsp3) is 0.278. The molecule has 0 radical (unpaired) electrons. The predicted octanol–water partition coefficient (Wildman–Crippen LogP) is 3.26. The summed E-state index contributed by atoms with van der Waals surface area (Å²) in [6.07, 6.45) is 5.18. The van der Waals surface area contributed by atoms with E-state index in [0.29, 0.717) is 0 Å². The van der Waals surface area contributed by atoms with Crippen molar-refractivity contribution in [2.45, 2.75) is 19.8 Å². The van der Waals surface area contributed by atoms with E-state index in [1.165, 1.54) is 5.01 Å². The highest BCUT2D eigenvalue weighted by atomic mass is 16.5. The van der Waals surface area contributed by atoms with Gasteiger partial charge in [0.05, 0.1) is 24.4 Å². The van der Waals surface area contributed by atoms with Gasteiger partial charge < -0.3 is 4.74 Å². The molecule has 1 aliphatic rings. The van der Waals surface area contributed by atoms with Crippen LogP contribution in [0.4, 0.5) is 5.69 Å². The molecule has 1 aromatic heterocycles. The normalized spacial score (nSPS) is 17.3. The third-order valence-electron chi connectivity index (χ3n) is 3.90. The zero-order chi connectivity index (χ0) is 16.2. The first kappa shape index (κ1) is 15.2. The van der Waals surface area contributed by atoms with Crippen LogP contribution in [0, 0.1) is 5.92 Å². The number of hydrogen-bond acceptors (Lipinski definition) is 4. The van der Waals surface area contributed by atoms with Crippen molar-refractivity contribution < 1.29 is 9.53 Å². The van der Waals surface area contributed by atoms with Gasteiger partial charge in [-0.25, -0.2) is 0 Å². The molecule has 2 heterocycles. The van der Waals surface area contributed by atoms with Crippen LogP contribution in [0.5, 0.6) is 5.75 Å². The average Bonchev–Trinajstić information content (AvgIpc) is 2.93. The second kappa shape index (κ2) is 6.60. The lowest BCUT2D eigenvalue weighted by molar-refractivity contribution is -0.119. The molecule has 0 spiro atoms. The Morgan fingerprint density at radius 3 is 2.61 bits per heavy atom. The monoisotopic (exact) mass is 309 g/mol. The molecule has 5 heteroatoms. The van der Waals surface area contributed by atoms with Crippen LogP contribution in [0.1, 0.15) is 25.3 Å². The summed E-state index contributed by atoms with van der Waals surface area (Å²) in [6.45, 7) is 2.07. The van der Waals surface area contributed by atoms with E-state index in [9.17, 15) is 4.79 Å². The number of carbonyl (C=O) groups excluding carboxylic acids is 1. The maximum atomic E-state index is 12.8. The standard InChI is InChI=1S/C18H19N3O2/c1-3-5-16-17(13-6-4-11-19-12-13)20-21(18(16)22)14-7-9-15(23-2)10-8-14/h4,6-12,16H,3,5H2,1-2H3. The third kappa shape index (κ3) is 2.95. The highest BCUT2D eigenvalue weighted by Crippen LogP contribution is 2.30. The van der Waals surface area contributed by atoms with Gasteiger partial charge in [0.2, 0.25) is 0 Å². The number of hydrazone groups is 1. The highest BCUT2D eigenvalue weighted by molar-refractivity contribution is 6.21. The van der Waals surface area contributed by atoms with Crippen LogP contribution in [0.15, 0.2) is 53.9 Å². The minimum Gasteiger partial charge on any atom is -0.497 e. The smallest absolute Gasteiger partial charge is 0.256 e. The van der Waals surface area contributed by atoms with Gasteiger partial charge in [0.1, 0.15) is 5.75 Å². The van der Waals surface area contributed by atoms with Gasteiger partial charge in [-0.05, 0) is 42.8 Å². The Morgan fingerprint density at radius 1 is 1.22 bits per heavy atom. The summed E-state index contributed by atoms with van der Waals surface area (Å²) >= 11 is 0. The van der Waals surface area contributed by atoms with Crippen LogP contribution in [-0.4, -0.2) is 23.7 Å². The lowest BCUT2D eigenvalue weighted by atomic mass is 9.93. The zero-order valence-corrected chi connectivity index (χ0v) is 13.3. The average molecular weight is 309 g/mol. The molecule has 23 heavy (non-hydrogen) atoms. The first-order chi connectivity index (χ1) is 11.2. The first-order valence-electron chi connectivity index (χ1n) is 7.71. The predicted molar refractivity (Wildman–Crippen MR) is 89.7 cm³/mol. The number of amides is 1. The van der Waals surface area contributed by atoms with Crippen molar-refractivity contribution in [3.8, 4) is 5.75 Å². The van der Waals surface area contributed by atoms with Gasteiger partial charge in [-0.1, -0.05) is 13.3 Å². The van der Waals surface area contributed by atoms with E-state index in [2.05, 4.69) is 17.0 Å². The van der Waals surface area contributed by atoms with Crippen molar-refractivity contribution in [1.82, 2.24) is 4.98 Å². The number of anilines is 1. The summed E-state index contributed by atoms with van der Waals surface area (Å²) in [6, 6.07) is 11.1. The Labute approximate surface area is 135 Å². The van der Waals surface area contributed by atoms with Gasteiger partial charge in [0.15, 0.2) is 0 Å². The van der Waals surface area contributed by atoms with Crippen LogP contribution in [0.2, 0.25) is 0 Å². The van der Waals surface area contributed by atoms with E-state index in [4.69, 9.17) is 4.74 Å². The first-order valence-corrected chi connectivity index (χ1v) is 7.71. The van der Waals surface area contributed by atoms with E-state index < -0.39 is 0 Å². The molecule has 1 aromatic carbocycles. The van der Waals surface area contributed by atoms with Crippen molar-refractivity contribution in [2.24, 2.45) is 11.0 Å². The van der Waals surface area contributed by atoms with Crippen LogP contribution < -0.4 is 9.75 Å². The summed E-state index contributed by atoms with van der Waals surface area (Å²) < 4.78 is 5.16. The van der Waals surface area contributed by atoms with Crippen molar-refractivity contribution in [1.29, 1.82) is 0 Å². The van der Waals surface area contributed by atoms with Crippen molar-refractivity contribution in [3.63, 3.8) is 0 Å². The number of hydrogen-bond donors (Lipinski definition) is 0. The Morgan fingerprint density at radius 2 is 2.00 bits per heavy atom. The molecule has 0 saturated heterocycles. The molecular weight excluding hydrogens is 290 g/mol. The quantitative estimate of drug-likeness (QED) is 0.852. The molecule has 0 bridgehead atoms. The van der Waals surface area contributed by atoms with Crippen LogP contribution in [-0.2, 0) is 4.79 Å². The summed E-state index contributed by atoms with van der Waals surface area (Å²) in [5.41, 5.74) is 2.44. The number of methoxy groups -OCH3 is 1. The van der Waals surface area contributed by atoms with Crippen LogP contribution in [0.3, 0.4) is 0 Å². The molecule has 1 unspecified atom stereocenters. The Bertz CT molecular complexity index is 711. The van der Waals surface area contributed by atoms with Crippen LogP contribution in [0.25, 0.3) is 0 Å². The summed E-state index contributed by atoms with van der Waals surface area (Å²) in [5.74, 6) is 0.545. The lowest BCUT2D eigenvalue weighted by Crippen LogP contribution is -2.27. The van der Waals surface area contributed by atoms with E-state index >= 15 is 0 Å². The fourth-order valence-corrected chi connectivity index (χ4v) is 2.72. The third-order valence-corrected chi connectivity index (χ3v) is 3.90. The summed E-state index contributed by atoms with van der Waals surface area (Å²) in [5, 5.41) is 6.07. The second-order valence-electron chi connectivity index (χ2n) is 5.42. The Kier molecular flexibility index (Phi) is 4.37. The minimum atomic E-state index is -0.216. The SMILES string of the molecule is CCCC1C(=O)N(c2ccc(OC)cc2)N=C1c1cccnc1. The maximum Gasteiger partial charge on any atom is 0.256 e. The zero-order valence-electron chi connectivity index (χ0n) is 13.3. The number of aromatic nitrogens is 1. The highest BCUT2D eigenvalue weighted by Gasteiger charge is 2.36. The molecule has 5 nitrogen and oxygen atoms in total. The van der Waals surface area contributed by atoms with Crippen molar-refractivity contribution in [2.75, 3.05) is 12.1 Å². The molecule has 118 valence electrons. The minimum absolute atomic E-state index is 0.0101.